The summed E-state index contributed by atoms with van der Waals surface area (Å²) in [6.45, 7) is -7.63. The van der Waals surface area contributed by atoms with Crippen molar-refractivity contribution in [2.45, 2.75) is 37.3 Å². The van der Waals surface area contributed by atoms with E-state index in [1.807, 2.05) is 4.57 Å². The number of carbonyl (C=O) groups is 1. The number of ether oxygens (including phenoxy) is 1. The number of nitrogen functional groups attached to an aromatic ring is 1. The number of primary amides is 1. The third-order valence-corrected chi connectivity index (χ3v) is 11.3. The number of anilines is 1. The van der Waals surface area contributed by atoms with Crippen LogP contribution < -0.4 is 11.5 Å². The molecule has 6 N–H and O–H groups in total. The molecule has 0 spiro atoms. The Morgan fingerprint density at radius 1 is 1.00 bits per heavy atom. The van der Waals surface area contributed by atoms with Gasteiger partial charge in [0.1, 0.15) is 29.6 Å². The zero-order valence-corrected chi connectivity index (χ0v) is 26.1. The first-order valence-electron chi connectivity index (χ1n) is 13.5. The van der Waals surface area contributed by atoms with E-state index >= 15 is 0 Å². The van der Waals surface area contributed by atoms with Crippen LogP contribution in [0.2, 0.25) is 0 Å². The number of hydrogen-bond donors (Lipinski definition) is 4. The molecule has 2 saturated heterocycles. The van der Waals surface area contributed by atoms with Crippen LogP contribution in [-0.4, -0.2) is 82.2 Å². The molecule has 0 radical (unpaired) electrons. The monoisotopic (exact) mass is 683 g/mol. The van der Waals surface area contributed by atoms with Crippen LogP contribution in [0.3, 0.4) is 0 Å². The standard InChI is InChI=1S/C23H27N9O8P2S2/c24-21-20-23(27-9-26-21)31(10-28-20)15-4-11-6-36-42(35,44)40-16-5-18(39-17(16)8-38-41(34,43)37-7-13(11)15)32-14-3-1-2-12(22(25)33)19(14)29-30-32/h1-3,9-11,13,15-18H,4-8H2,(H2,25,33)(H,34,43)(H,35,44)(H2,24,26,27)/t11-,13-,15-,16+,17-,18-,41?,42?/m1/s1. The van der Waals surface area contributed by atoms with Gasteiger partial charge in [0.15, 0.2) is 17.7 Å². The van der Waals surface area contributed by atoms with Gasteiger partial charge in [-0.15, -0.1) is 5.10 Å². The summed E-state index contributed by atoms with van der Waals surface area (Å²) in [6.07, 6.45) is 1.35. The Hall–Kier alpha value is -2.54. The number of carbonyl (C=O) groups excluding carboxylic acids is 1. The van der Waals surface area contributed by atoms with Crippen molar-refractivity contribution >= 4 is 71.0 Å². The summed E-state index contributed by atoms with van der Waals surface area (Å²) in [5, 5.41) is 8.27. The molecule has 0 bridgehead atoms. The lowest BCUT2D eigenvalue weighted by molar-refractivity contribution is -0.0433. The second-order valence-corrected chi connectivity index (χ2v) is 16.3. The van der Waals surface area contributed by atoms with Gasteiger partial charge >= 0.3 is 13.4 Å². The first-order chi connectivity index (χ1) is 21.0. The summed E-state index contributed by atoms with van der Waals surface area (Å²) in [7, 11) is 0. The Morgan fingerprint density at radius 2 is 1.80 bits per heavy atom. The summed E-state index contributed by atoms with van der Waals surface area (Å²) in [4.78, 5) is 46.5. The molecule has 3 aromatic heterocycles. The highest BCUT2D eigenvalue weighted by molar-refractivity contribution is 8.07. The highest BCUT2D eigenvalue weighted by atomic mass is 32.5. The third kappa shape index (κ3) is 5.56. The lowest BCUT2D eigenvalue weighted by Crippen LogP contribution is -2.43. The fraction of sp³-hybridized carbons (Fsp3) is 0.478. The second kappa shape index (κ2) is 11.4. The Morgan fingerprint density at radius 3 is 2.61 bits per heavy atom. The molecule has 4 aromatic rings. The molecule has 3 aliphatic rings. The van der Waals surface area contributed by atoms with Crippen LogP contribution in [0.25, 0.3) is 22.2 Å². The summed E-state index contributed by atoms with van der Waals surface area (Å²) >= 11 is 10.7. The van der Waals surface area contributed by atoms with Gasteiger partial charge in [-0.25, -0.2) is 19.6 Å². The maximum absolute atomic E-state index is 11.9. The number of benzene rings is 1. The van der Waals surface area contributed by atoms with Gasteiger partial charge in [0.25, 0.3) is 5.91 Å². The van der Waals surface area contributed by atoms with E-state index in [1.165, 1.54) is 11.0 Å². The molecule has 1 amide bonds. The first-order valence-corrected chi connectivity index (χ1v) is 18.7. The predicted molar refractivity (Wildman–Crippen MR) is 161 cm³/mol. The quantitative estimate of drug-likeness (QED) is 0.223. The van der Waals surface area contributed by atoms with E-state index in [1.54, 1.807) is 24.5 Å². The highest BCUT2D eigenvalue weighted by Crippen LogP contribution is 2.55. The molecule has 3 fully saturated rings. The van der Waals surface area contributed by atoms with Gasteiger partial charge in [-0.2, -0.15) is 0 Å². The van der Waals surface area contributed by atoms with Crippen molar-refractivity contribution in [3.05, 3.63) is 36.4 Å². The fourth-order valence-corrected chi connectivity index (χ4v) is 8.56. The van der Waals surface area contributed by atoms with E-state index < -0.39 is 37.8 Å². The van der Waals surface area contributed by atoms with Gasteiger partial charge in [-0.05, 0) is 48.1 Å². The first kappa shape index (κ1) is 30.1. The molecule has 8 atom stereocenters. The van der Waals surface area contributed by atoms with Crippen molar-refractivity contribution in [3.8, 4) is 0 Å². The topological polar surface area (TPSA) is 230 Å². The molecule has 17 nitrogen and oxygen atoms in total. The van der Waals surface area contributed by atoms with E-state index in [0.29, 0.717) is 28.6 Å². The number of nitrogens with two attached hydrogens (primary N) is 2. The lowest BCUT2D eigenvalue weighted by Gasteiger charge is -2.45. The van der Waals surface area contributed by atoms with Gasteiger partial charge in [0, 0.05) is 18.4 Å². The van der Waals surface area contributed by atoms with E-state index in [0.717, 1.165) is 0 Å². The van der Waals surface area contributed by atoms with E-state index in [-0.39, 0.29) is 55.5 Å². The van der Waals surface area contributed by atoms with Gasteiger partial charge in [0.2, 0.25) is 0 Å². The Labute approximate surface area is 259 Å². The van der Waals surface area contributed by atoms with Crippen LogP contribution in [0.15, 0.2) is 30.9 Å². The van der Waals surface area contributed by atoms with Crippen molar-refractivity contribution in [1.29, 1.82) is 0 Å². The van der Waals surface area contributed by atoms with Crippen LogP contribution in [0.4, 0.5) is 5.82 Å². The number of rotatable bonds is 3. The number of fused-ring (bicyclic) bond motifs is 4. The van der Waals surface area contributed by atoms with E-state index in [9.17, 15) is 14.6 Å². The van der Waals surface area contributed by atoms with Crippen LogP contribution in [0.5, 0.6) is 0 Å². The molecule has 2 aliphatic heterocycles. The molecule has 21 heteroatoms. The van der Waals surface area contributed by atoms with Crippen molar-refractivity contribution in [2.75, 3.05) is 25.6 Å². The zero-order valence-electron chi connectivity index (χ0n) is 22.7. The second-order valence-electron chi connectivity index (χ2n) is 10.7. The minimum Gasteiger partial charge on any atom is -0.382 e. The number of nitrogens with zero attached hydrogens (tertiary/aromatic N) is 7. The normalized spacial score (nSPS) is 34.8. The molecule has 5 heterocycles. The van der Waals surface area contributed by atoms with Crippen LogP contribution in [0.1, 0.15) is 35.5 Å². The fourth-order valence-electron chi connectivity index (χ4n) is 5.91. The summed E-state index contributed by atoms with van der Waals surface area (Å²) < 4.78 is 32.8. The minimum atomic E-state index is -3.77. The molecule has 1 aliphatic carbocycles. The summed E-state index contributed by atoms with van der Waals surface area (Å²) in [5.41, 5.74) is 13.5. The maximum atomic E-state index is 11.9. The number of hydrogen-bond acceptors (Lipinski definition) is 14. The van der Waals surface area contributed by atoms with Crippen molar-refractivity contribution < 1.29 is 37.4 Å². The number of aromatic nitrogens is 7. The SMILES string of the molecule is NC(=O)c1cccc2c1nnn2[C@H]1C[C@@H]2OP(O)(=S)OC[C@H]3C[C@@H](n4cnc5c(N)ncnc54)[C@@H]3COP(O)(=S)OC[C@H]2O1. The van der Waals surface area contributed by atoms with Gasteiger partial charge < -0.3 is 48.7 Å². The minimum absolute atomic E-state index is 0.0343. The smallest absolute Gasteiger partial charge is 0.324 e. The van der Waals surface area contributed by atoms with E-state index in [4.69, 9.17) is 57.9 Å². The molecule has 7 rings (SSSR count). The Kier molecular flexibility index (Phi) is 7.78. The van der Waals surface area contributed by atoms with E-state index in [2.05, 4.69) is 25.3 Å². The lowest BCUT2D eigenvalue weighted by atomic mass is 9.70. The third-order valence-electron chi connectivity index (χ3n) is 8.16. The molecule has 1 aromatic carbocycles. The molecular formula is C23H27N9O8P2S2. The van der Waals surface area contributed by atoms with Crippen LogP contribution in [-0.2, 0) is 46.4 Å². The average Bonchev–Trinajstić information content (AvgIpc) is 3.68. The molecule has 44 heavy (non-hydrogen) atoms. The number of amides is 1. The highest BCUT2D eigenvalue weighted by Gasteiger charge is 2.47. The van der Waals surface area contributed by atoms with Crippen molar-refractivity contribution in [1.82, 2.24) is 34.5 Å². The maximum Gasteiger partial charge on any atom is 0.324 e. The van der Waals surface area contributed by atoms with Crippen LogP contribution >= 0.6 is 13.4 Å². The van der Waals surface area contributed by atoms with Gasteiger partial charge in [-0.3, -0.25) is 4.79 Å². The zero-order chi connectivity index (χ0) is 30.8. The molecule has 1 saturated carbocycles. The summed E-state index contributed by atoms with van der Waals surface area (Å²) in [5.74, 6) is -0.731. The molecular weight excluding hydrogens is 656 g/mol. The largest absolute Gasteiger partial charge is 0.382 e. The van der Waals surface area contributed by atoms with Crippen molar-refractivity contribution in [3.63, 3.8) is 0 Å². The van der Waals surface area contributed by atoms with Gasteiger partial charge in [-0.1, -0.05) is 11.3 Å². The predicted octanol–water partition coefficient (Wildman–Crippen LogP) is 1.30. The Balaban J connectivity index is 1.12. The molecule has 234 valence electrons. The van der Waals surface area contributed by atoms with Gasteiger partial charge in [0.05, 0.1) is 37.2 Å². The average molecular weight is 684 g/mol. The molecule has 2 unspecified atom stereocenters. The Bertz CT molecular complexity index is 1860. The summed E-state index contributed by atoms with van der Waals surface area (Å²) in [6, 6.07) is 4.78. The van der Waals surface area contributed by atoms with Crippen molar-refractivity contribution in [2.24, 2.45) is 17.6 Å². The number of imidazole rings is 1. The van der Waals surface area contributed by atoms with Crippen LogP contribution in [0, 0.1) is 11.8 Å².